The van der Waals surface area contributed by atoms with Gasteiger partial charge in [-0.3, -0.25) is 0 Å². The van der Waals surface area contributed by atoms with Gasteiger partial charge in [-0.15, -0.1) is 0 Å². The number of hydrogen-bond donors (Lipinski definition) is 0. The average molecular weight is 493 g/mol. The predicted octanol–water partition coefficient (Wildman–Crippen LogP) is 2.92. The highest BCUT2D eigenvalue weighted by atomic mass is 16.5. The lowest BCUT2D eigenvalue weighted by Gasteiger charge is -2.30. The van der Waals surface area contributed by atoms with Crippen LogP contribution in [0.5, 0.6) is 0 Å². The van der Waals surface area contributed by atoms with Crippen molar-refractivity contribution in [2.45, 2.75) is 77.5 Å². The van der Waals surface area contributed by atoms with Gasteiger partial charge in [0.1, 0.15) is 36.7 Å². The van der Waals surface area contributed by atoms with Crippen molar-refractivity contribution in [2.24, 2.45) is 37.2 Å². The number of carbonyl (C=O) groups excluding carboxylic acids is 2. The fourth-order valence-corrected chi connectivity index (χ4v) is 4.30. The van der Waals surface area contributed by atoms with Crippen molar-refractivity contribution in [3.63, 3.8) is 0 Å². The molecule has 0 aromatic heterocycles. The molecule has 0 fully saturated rings. The first-order valence-corrected chi connectivity index (χ1v) is 12.1. The van der Waals surface area contributed by atoms with Crippen molar-refractivity contribution >= 4 is 36.2 Å². The van der Waals surface area contributed by atoms with Gasteiger partial charge >= 0.3 is 0 Å². The van der Waals surface area contributed by atoms with Crippen LogP contribution >= 0.6 is 0 Å². The van der Waals surface area contributed by atoms with E-state index in [1.54, 1.807) is 28.4 Å². The molecule has 0 aliphatic carbocycles. The van der Waals surface area contributed by atoms with E-state index in [2.05, 4.69) is 20.0 Å². The molecule has 0 amide bonds. The van der Waals surface area contributed by atoms with Crippen LogP contribution in [0.25, 0.3) is 0 Å². The number of nitrogens with zero attached hydrogens (tertiary/aromatic N) is 4. The van der Waals surface area contributed by atoms with Gasteiger partial charge in [0, 0.05) is 0 Å². The van der Waals surface area contributed by atoms with Gasteiger partial charge in [-0.25, -0.2) is 20.0 Å². The van der Waals surface area contributed by atoms with Crippen LogP contribution in [0, 0.1) is 17.3 Å². The largest absolute Gasteiger partial charge is 0.483 e. The molecule has 0 unspecified atom stereocenters. The van der Waals surface area contributed by atoms with E-state index in [9.17, 15) is 9.59 Å². The first-order valence-electron chi connectivity index (χ1n) is 12.1. The smallest absolute Gasteiger partial charge is 0.209 e. The lowest BCUT2D eigenvalue weighted by atomic mass is 9.79. The summed E-state index contributed by atoms with van der Waals surface area (Å²) in [6.07, 6.45) is 2.80. The Hall–Kier alpha value is -2.78. The molecule has 0 aromatic carbocycles. The molecule has 10 heteroatoms. The maximum Gasteiger partial charge on any atom is 0.209 e. The van der Waals surface area contributed by atoms with Crippen LogP contribution in [-0.4, -0.2) is 88.8 Å². The monoisotopic (exact) mass is 492 g/mol. The predicted molar refractivity (Wildman–Crippen MR) is 136 cm³/mol. The van der Waals surface area contributed by atoms with Crippen LogP contribution in [0.4, 0.5) is 0 Å². The number of carbonyl (C=O) groups is 2. The highest BCUT2D eigenvalue weighted by Gasteiger charge is 2.37. The summed E-state index contributed by atoms with van der Waals surface area (Å²) >= 11 is 0. The molecule has 0 aromatic rings. The van der Waals surface area contributed by atoms with Gasteiger partial charge in [-0.05, 0) is 37.5 Å². The van der Waals surface area contributed by atoms with E-state index in [0.717, 1.165) is 0 Å². The van der Waals surface area contributed by atoms with Gasteiger partial charge in [0.2, 0.25) is 23.6 Å². The Morgan fingerprint density at radius 2 is 1.00 bits per heavy atom. The first kappa shape index (κ1) is 28.5. The number of methoxy groups -OCH3 is 4. The van der Waals surface area contributed by atoms with Crippen LogP contribution in [0.1, 0.15) is 53.4 Å². The topological polar surface area (TPSA) is 120 Å². The van der Waals surface area contributed by atoms with Crippen molar-refractivity contribution in [1.82, 2.24) is 0 Å². The summed E-state index contributed by atoms with van der Waals surface area (Å²) in [4.78, 5) is 43.0. The second-order valence-corrected chi connectivity index (χ2v) is 9.64. The minimum Gasteiger partial charge on any atom is -0.483 e. The molecule has 0 saturated carbocycles. The van der Waals surface area contributed by atoms with E-state index in [-0.39, 0.29) is 36.8 Å². The number of aldehydes is 2. The van der Waals surface area contributed by atoms with Crippen molar-refractivity contribution in [3.8, 4) is 0 Å². The quantitative estimate of drug-likeness (QED) is 0.341. The maximum absolute atomic E-state index is 12.2. The van der Waals surface area contributed by atoms with Crippen LogP contribution in [0.2, 0.25) is 0 Å². The summed E-state index contributed by atoms with van der Waals surface area (Å²) in [6, 6.07) is -1.32. The second kappa shape index (κ2) is 12.8. The number of rotatable bonds is 10. The van der Waals surface area contributed by atoms with E-state index >= 15 is 0 Å². The van der Waals surface area contributed by atoms with E-state index in [1.807, 2.05) is 27.7 Å². The lowest BCUT2D eigenvalue weighted by molar-refractivity contribution is -0.127. The van der Waals surface area contributed by atoms with Crippen LogP contribution < -0.4 is 0 Å². The van der Waals surface area contributed by atoms with Gasteiger partial charge in [0.15, 0.2) is 0 Å². The van der Waals surface area contributed by atoms with Crippen molar-refractivity contribution in [1.29, 1.82) is 0 Å². The SMILES string of the molecule is COC1=N[C@H](C(C)C)C(OC)=N[C@H]1CCC(C=O)(C=O)CC[C@@H]1N=C(OC)[C@@H](C(C)C)N=C1OC. The summed E-state index contributed by atoms with van der Waals surface area (Å²) in [5.41, 5.74) is -1.20. The summed E-state index contributed by atoms with van der Waals surface area (Å²) in [6.45, 7) is 8.13. The molecular formula is C25H40N4O6. The van der Waals surface area contributed by atoms with Gasteiger partial charge in [-0.1, -0.05) is 27.7 Å². The zero-order valence-electron chi connectivity index (χ0n) is 22.2. The number of hydrogen-bond acceptors (Lipinski definition) is 10. The summed E-state index contributed by atoms with van der Waals surface area (Å²) in [5.74, 6) is 2.37. The zero-order valence-corrected chi connectivity index (χ0v) is 22.2. The third-order valence-corrected chi connectivity index (χ3v) is 6.51. The Morgan fingerprint density at radius 1 is 0.657 bits per heavy atom. The molecule has 10 nitrogen and oxygen atoms in total. The van der Waals surface area contributed by atoms with Gasteiger partial charge < -0.3 is 28.5 Å². The molecule has 0 N–H and O–H groups in total. The van der Waals surface area contributed by atoms with E-state index < -0.39 is 17.5 Å². The average Bonchev–Trinajstić information content (AvgIpc) is 2.87. The maximum atomic E-state index is 12.2. The van der Waals surface area contributed by atoms with E-state index in [1.165, 1.54) is 0 Å². The molecule has 4 atom stereocenters. The fourth-order valence-electron chi connectivity index (χ4n) is 4.30. The lowest BCUT2D eigenvalue weighted by Crippen LogP contribution is -2.39. The second-order valence-electron chi connectivity index (χ2n) is 9.64. The summed E-state index contributed by atoms with van der Waals surface area (Å²) in [5, 5.41) is 0. The summed E-state index contributed by atoms with van der Waals surface area (Å²) < 4.78 is 21.9. The minimum atomic E-state index is -1.20. The first-order chi connectivity index (χ1) is 16.7. The molecule has 0 radical (unpaired) electrons. The number of aliphatic imine (C=N–C) groups is 4. The molecule has 0 bridgehead atoms. The molecule has 2 aliphatic rings. The van der Waals surface area contributed by atoms with E-state index in [0.29, 0.717) is 49.0 Å². The van der Waals surface area contributed by atoms with Gasteiger partial charge in [-0.2, -0.15) is 0 Å². The van der Waals surface area contributed by atoms with Gasteiger partial charge in [0.05, 0.1) is 33.9 Å². The van der Waals surface area contributed by atoms with Crippen LogP contribution in [0.15, 0.2) is 20.0 Å². The molecule has 2 heterocycles. The van der Waals surface area contributed by atoms with E-state index in [4.69, 9.17) is 18.9 Å². The fraction of sp³-hybridized carbons (Fsp3) is 0.760. The van der Waals surface area contributed by atoms with Crippen molar-refractivity contribution < 1.29 is 28.5 Å². The normalized spacial score (nSPS) is 24.7. The Labute approximate surface area is 208 Å². The molecule has 35 heavy (non-hydrogen) atoms. The molecular weight excluding hydrogens is 452 g/mol. The highest BCUT2D eigenvalue weighted by molar-refractivity contribution is 5.95. The molecule has 0 saturated heterocycles. The van der Waals surface area contributed by atoms with Crippen molar-refractivity contribution in [2.75, 3.05) is 28.4 Å². The Bertz CT molecular complexity index is 794. The third-order valence-electron chi connectivity index (χ3n) is 6.51. The molecule has 196 valence electrons. The zero-order chi connectivity index (χ0) is 26.2. The Morgan fingerprint density at radius 3 is 1.26 bits per heavy atom. The van der Waals surface area contributed by atoms with Gasteiger partial charge in [0.25, 0.3) is 0 Å². The summed E-state index contributed by atoms with van der Waals surface area (Å²) in [7, 11) is 6.23. The molecule has 2 rings (SSSR count). The standard InChI is InChI=1S/C25H40N4O6/c1-15(2)19-23(34-7)26-17(21(28-19)32-5)9-11-25(13-30,14-31)12-10-18-22(33-6)29-20(16(3)4)24(27-18)35-8/h13-20H,9-12H2,1-8H3/t17-,18-,19+,20+/m0/s1. The Kier molecular flexibility index (Phi) is 10.4. The molecule has 2 aliphatic heterocycles. The van der Waals surface area contributed by atoms with Crippen LogP contribution in [-0.2, 0) is 28.5 Å². The Balaban J connectivity index is 2.17. The van der Waals surface area contributed by atoms with Crippen molar-refractivity contribution in [3.05, 3.63) is 0 Å². The minimum absolute atomic E-state index is 0.184. The van der Waals surface area contributed by atoms with Crippen LogP contribution in [0.3, 0.4) is 0 Å². The third kappa shape index (κ3) is 6.67. The number of ether oxygens (including phenoxy) is 4. The molecule has 0 spiro atoms. The highest BCUT2D eigenvalue weighted by Crippen LogP contribution is 2.31.